The molecule has 0 aliphatic carbocycles. The van der Waals surface area contributed by atoms with Crippen molar-refractivity contribution in [2.45, 2.75) is 39.5 Å². The predicted molar refractivity (Wildman–Crippen MR) is 93.2 cm³/mol. The molecule has 2 heteroatoms. The molecule has 0 N–H and O–H groups in total. The van der Waals surface area contributed by atoms with E-state index in [0.717, 1.165) is 10.5 Å². The number of hydrogen-bond donors (Lipinski definition) is 0. The molecule has 0 atom stereocenters. The number of benzene rings is 2. The lowest BCUT2D eigenvalue weighted by Crippen LogP contribution is -1.86. The zero-order valence-corrected chi connectivity index (χ0v) is 13.9. The molecule has 0 unspecified atom stereocenters. The summed E-state index contributed by atoms with van der Waals surface area (Å²) >= 11 is 1.79. The molecule has 3 aromatic rings. The topological polar surface area (TPSA) is 12.9 Å². The molecule has 0 spiro atoms. The standard InChI is InChI=1S/C19H21NS/c1-12(2)14-5-7-15(8-6-14)19-20-17-10-9-16(13(3)4)11-18(17)21-19/h5-13H,1-4H3. The highest BCUT2D eigenvalue weighted by Gasteiger charge is 2.09. The molecule has 0 radical (unpaired) electrons. The smallest absolute Gasteiger partial charge is 0.124 e. The molecule has 1 heterocycles. The van der Waals surface area contributed by atoms with Gasteiger partial charge in [0, 0.05) is 5.56 Å². The fraction of sp³-hybridized carbons (Fsp3) is 0.316. The maximum absolute atomic E-state index is 4.78. The molecule has 1 nitrogen and oxygen atoms in total. The van der Waals surface area contributed by atoms with Crippen LogP contribution in [0, 0.1) is 0 Å². The molecule has 3 rings (SSSR count). The summed E-state index contributed by atoms with van der Waals surface area (Å²) in [6.07, 6.45) is 0. The molecule has 0 saturated heterocycles. The van der Waals surface area contributed by atoms with E-state index in [1.54, 1.807) is 11.3 Å². The van der Waals surface area contributed by atoms with Crippen LogP contribution >= 0.6 is 11.3 Å². The number of thiazole rings is 1. The van der Waals surface area contributed by atoms with E-state index in [-0.39, 0.29) is 0 Å². The van der Waals surface area contributed by atoms with Crippen molar-refractivity contribution < 1.29 is 0 Å². The average Bonchev–Trinajstić information content (AvgIpc) is 2.90. The quantitative estimate of drug-likeness (QED) is 0.559. The summed E-state index contributed by atoms with van der Waals surface area (Å²) in [4.78, 5) is 4.78. The molecule has 108 valence electrons. The highest BCUT2D eigenvalue weighted by atomic mass is 32.1. The molecular weight excluding hydrogens is 274 g/mol. The van der Waals surface area contributed by atoms with Crippen LogP contribution in [0.2, 0.25) is 0 Å². The first kappa shape index (κ1) is 14.3. The van der Waals surface area contributed by atoms with Crippen LogP contribution in [0.3, 0.4) is 0 Å². The summed E-state index contributed by atoms with van der Waals surface area (Å²) in [7, 11) is 0. The third kappa shape index (κ3) is 2.86. The van der Waals surface area contributed by atoms with Gasteiger partial charge in [0.25, 0.3) is 0 Å². The van der Waals surface area contributed by atoms with E-state index < -0.39 is 0 Å². The van der Waals surface area contributed by atoms with Crippen molar-refractivity contribution in [3.8, 4) is 10.6 Å². The molecule has 0 saturated carbocycles. The van der Waals surface area contributed by atoms with E-state index in [2.05, 4.69) is 70.2 Å². The Labute approximate surface area is 130 Å². The summed E-state index contributed by atoms with van der Waals surface area (Å²) in [5, 5.41) is 1.11. The van der Waals surface area contributed by atoms with Crippen molar-refractivity contribution in [2.75, 3.05) is 0 Å². The highest BCUT2D eigenvalue weighted by Crippen LogP contribution is 2.32. The third-order valence-corrected chi connectivity index (χ3v) is 4.97. The van der Waals surface area contributed by atoms with Gasteiger partial charge in [0.2, 0.25) is 0 Å². The number of nitrogens with zero attached hydrogens (tertiary/aromatic N) is 1. The summed E-state index contributed by atoms with van der Waals surface area (Å²) in [5.74, 6) is 1.13. The molecule has 0 bridgehead atoms. The summed E-state index contributed by atoms with van der Waals surface area (Å²) < 4.78 is 1.28. The first-order chi connectivity index (χ1) is 10.0. The highest BCUT2D eigenvalue weighted by molar-refractivity contribution is 7.21. The van der Waals surface area contributed by atoms with Crippen molar-refractivity contribution in [3.05, 3.63) is 53.6 Å². The van der Waals surface area contributed by atoms with Crippen LogP contribution in [0.1, 0.15) is 50.7 Å². The number of rotatable bonds is 3. The maximum atomic E-state index is 4.78. The Morgan fingerprint density at radius 3 is 2.05 bits per heavy atom. The first-order valence-corrected chi connectivity index (χ1v) is 8.37. The van der Waals surface area contributed by atoms with Crippen molar-refractivity contribution in [3.63, 3.8) is 0 Å². The Hall–Kier alpha value is -1.67. The predicted octanol–water partition coefficient (Wildman–Crippen LogP) is 6.21. The van der Waals surface area contributed by atoms with Crippen LogP contribution < -0.4 is 0 Å². The van der Waals surface area contributed by atoms with Crippen LogP contribution in [0.4, 0.5) is 0 Å². The van der Waals surface area contributed by atoms with Crippen LogP contribution in [-0.2, 0) is 0 Å². The SMILES string of the molecule is CC(C)c1ccc(-c2nc3ccc(C(C)C)cc3s2)cc1. The van der Waals surface area contributed by atoms with Crippen molar-refractivity contribution in [1.82, 2.24) is 4.98 Å². The van der Waals surface area contributed by atoms with E-state index in [4.69, 9.17) is 4.98 Å². The monoisotopic (exact) mass is 295 g/mol. The molecule has 0 aliphatic rings. The Bertz CT molecular complexity index is 751. The van der Waals surface area contributed by atoms with Gasteiger partial charge in [-0.3, -0.25) is 0 Å². The second kappa shape index (κ2) is 5.61. The van der Waals surface area contributed by atoms with Crippen LogP contribution in [0.15, 0.2) is 42.5 Å². The van der Waals surface area contributed by atoms with Gasteiger partial charge in [-0.25, -0.2) is 4.98 Å². The minimum atomic E-state index is 0.560. The normalized spacial score (nSPS) is 11.7. The minimum Gasteiger partial charge on any atom is -0.236 e. The Morgan fingerprint density at radius 1 is 0.810 bits per heavy atom. The molecule has 0 amide bonds. The third-order valence-electron chi connectivity index (χ3n) is 3.90. The molecular formula is C19H21NS. The summed E-state index contributed by atoms with van der Waals surface area (Å²) in [6.45, 7) is 8.90. The van der Waals surface area contributed by atoms with E-state index in [0.29, 0.717) is 11.8 Å². The lowest BCUT2D eigenvalue weighted by Gasteiger charge is -2.05. The fourth-order valence-corrected chi connectivity index (χ4v) is 3.45. The zero-order valence-electron chi connectivity index (χ0n) is 13.1. The second-order valence-electron chi connectivity index (χ2n) is 6.18. The Kier molecular flexibility index (Phi) is 3.81. The van der Waals surface area contributed by atoms with Gasteiger partial charge in [-0.05, 0) is 35.1 Å². The van der Waals surface area contributed by atoms with Crippen LogP contribution in [-0.4, -0.2) is 4.98 Å². The lowest BCUT2D eigenvalue weighted by molar-refractivity contribution is 0.867. The van der Waals surface area contributed by atoms with E-state index >= 15 is 0 Å². The second-order valence-corrected chi connectivity index (χ2v) is 7.21. The van der Waals surface area contributed by atoms with E-state index in [1.807, 2.05) is 0 Å². The van der Waals surface area contributed by atoms with Gasteiger partial charge in [-0.2, -0.15) is 0 Å². The Morgan fingerprint density at radius 2 is 1.43 bits per heavy atom. The summed E-state index contributed by atoms with van der Waals surface area (Å²) in [5.41, 5.74) is 5.08. The molecule has 0 fully saturated rings. The fourth-order valence-electron chi connectivity index (χ4n) is 2.43. The van der Waals surface area contributed by atoms with E-state index in [1.165, 1.54) is 21.4 Å². The number of aromatic nitrogens is 1. The van der Waals surface area contributed by atoms with Crippen molar-refractivity contribution >= 4 is 21.6 Å². The number of hydrogen-bond acceptors (Lipinski definition) is 2. The first-order valence-electron chi connectivity index (χ1n) is 7.55. The van der Waals surface area contributed by atoms with Gasteiger partial charge in [0.1, 0.15) is 5.01 Å². The van der Waals surface area contributed by atoms with Crippen molar-refractivity contribution in [2.24, 2.45) is 0 Å². The zero-order chi connectivity index (χ0) is 15.0. The molecule has 21 heavy (non-hydrogen) atoms. The maximum Gasteiger partial charge on any atom is 0.124 e. The number of fused-ring (bicyclic) bond motifs is 1. The van der Waals surface area contributed by atoms with Gasteiger partial charge >= 0.3 is 0 Å². The van der Waals surface area contributed by atoms with Crippen LogP contribution in [0.5, 0.6) is 0 Å². The van der Waals surface area contributed by atoms with E-state index in [9.17, 15) is 0 Å². The van der Waals surface area contributed by atoms with Crippen molar-refractivity contribution in [1.29, 1.82) is 0 Å². The lowest BCUT2D eigenvalue weighted by atomic mass is 10.0. The molecule has 2 aromatic carbocycles. The van der Waals surface area contributed by atoms with Gasteiger partial charge in [-0.1, -0.05) is 58.0 Å². The van der Waals surface area contributed by atoms with Gasteiger partial charge in [0.15, 0.2) is 0 Å². The molecule has 1 aromatic heterocycles. The van der Waals surface area contributed by atoms with Gasteiger partial charge in [-0.15, -0.1) is 11.3 Å². The molecule has 0 aliphatic heterocycles. The average molecular weight is 295 g/mol. The Balaban J connectivity index is 2.00. The summed E-state index contributed by atoms with van der Waals surface area (Å²) in [6, 6.07) is 15.4. The van der Waals surface area contributed by atoms with Crippen LogP contribution in [0.25, 0.3) is 20.8 Å². The van der Waals surface area contributed by atoms with Gasteiger partial charge in [0.05, 0.1) is 10.2 Å². The largest absolute Gasteiger partial charge is 0.236 e. The minimum absolute atomic E-state index is 0.560. The van der Waals surface area contributed by atoms with Gasteiger partial charge < -0.3 is 0 Å².